The number of aromatic amines is 1. The monoisotopic (exact) mass is 1050 g/mol. The van der Waals surface area contributed by atoms with Gasteiger partial charge in [-0.05, 0) is 58.3 Å². The molecule has 0 unspecified atom stereocenters. The summed E-state index contributed by atoms with van der Waals surface area (Å²) in [4.78, 5) is 183. The number of carboxylic acids is 2. The lowest BCUT2D eigenvalue weighted by Gasteiger charge is -2.32. The number of fused-ring (bicyclic) bond motifs is 2. The third-order valence-electron chi connectivity index (χ3n) is 12.9. The van der Waals surface area contributed by atoms with Gasteiger partial charge in [0.2, 0.25) is 65.0 Å². The van der Waals surface area contributed by atoms with Crippen LogP contribution in [0.15, 0.2) is 12.5 Å². The Morgan fingerprint density at radius 1 is 0.676 bits per heavy atom. The minimum absolute atomic E-state index is 0.0281. The van der Waals surface area contributed by atoms with Crippen LogP contribution < -0.4 is 48.3 Å². The molecule has 29 heteroatoms. The van der Waals surface area contributed by atoms with Crippen molar-refractivity contribution in [3.8, 4) is 0 Å². The van der Waals surface area contributed by atoms with Crippen molar-refractivity contribution in [1.29, 1.82) is 0 Å². The molecule has 29 nitrogen and oxygen atoms in total. The van der Waals surface area contributed by atoms with E-state index in [1.54, 1.807) is 13.8 Å². The summed E-state index contributed by atoms with van der Waals surface area (Å²) >= 11 is 0. The summed E-state index contributed by atoms with van der Waals surface area (Å²) in [5.74, 6) is -14.2. The van der Waals surface area contributed by atoms with Gasteiger partial charge in [0, 0.05) is 44.2 Å². The van der Waals surface area contributed by atoms with Crippen LogP contribution in [-0.2, 0) is 68.7 Å². The number of hydrogen-bond acceptors (Lipinski definition) is 15. The Labute approximate surface area is 424 Å². The number of primary amides is 1. The van der Waals surface area contributed by atoms with E-state index in [1.807, 2.05) is 0 Å². The summed E-state index contributed by atoms with van der Waals surface area (Å²) in [5, 5.41) is 49.5. The second kappa shape index (κ2) is 27.4. The van der Waals surface area contributed by atoms with Gasteiger partial charge >= 0.3 is 11.9 Å². The first-order valence-corrected chi connectivity index (χ1v) is 24.3. The average molecular weight is 1050 g/mol. The van der Waals surface area contributed by atoms with E-state index in [4.69, 9.17) is 5.73 Å². The number of aliphatic hydroxyl groups is 1. The van der Waals surface area contributed by atoms with Crippen LogP contribution in [0.1, 0.15) is 97.6 Å². The SMILES string of the molecule is CC[C@H](C)[C@@H]1NC(=O)CNC(=O)[C@@H]2CCCN2C(=O)[C@H](CCC(=O)O)NC(=O)[C@H](CC(=O)O)NC(=O)[C@H](Cc2cnc[nH]2)NC(=O)[C@@H](CCC(N)=O)NC(=O)[C@@H]2CCCN2C(=O)[C@H]([C@@H](C)O)NC(=O)[C@H](C)NC1=O. The third kappa shape index (κ3) is 16.7. The van der Waals surface area contributed by atoms with Crippen molar-refractivity contribution in [3.05, 3.63) is 18.2 Å². The van der Waals surface area contributed by atoms with Crippen molar-refractivity contribution >= 4 is 76.9 Å². The maximum atomic E-state index is 14.2. The second-order valence-electron chi connectivity index (χ2n) is 18.5. The van der Waals surface area contributed by atoms with Crippen molar-refractivity contribution < 1.29 is 77.6 Å². The van der Waals surface area contributed by atoms with E-state index in [0.29, 0.717) is 6.42 Å². The Kier molecular flexibility index (Phi) is 21.8. The molecule has 3 fully saturated rings. The van der Waals surface area contributed by atoms with Gasteiger partial charge in [-0.25, -0.2) is 4.98 Å². The molecule has 0 aromatic carbocycles. The Morgan fingerprint density at radius 3 is 1.82 bits per heavy atom. The fourth-order valence-electron chi connectivity index (χ4n) is 8.61. The van der Waals surface area contributed by atoms with Crippen LogP contribution in [0.4, 0.5) is 0 Å². The fraction of sp³-hybridized carbons (Fsp3) is 0.644. The number of nitrogens with zero attached hydrogens (tertiary/aromatic N) is 3. The van der Waals surface area contributed by atoms with Gasteiger partial charge in [-0.2, -0.15) is 0 Å². The molecule has 408 valence electrons. The zero-order valence-corrected chi connectivity index (χ0v) is 41.5. The molecule has 74 heavy (non-hydrogen) atoms. The number of aliphatic carboxylic acids is 2. The van der Waals surface area contributed by atoms with Crippen molar-refractivity contribution in [2.45, 2.75) is 159 Å². The summed E-state index contributed by atoms with van der Waals surface area (Å²) < 4.78 is 0. The molecule has 0 saturated carbocycles. The lowest BCUT2D eigenvalue weighted by molar-refractivity contribution is -0.145. The van der Waals surface area contributed by atoms with Crippen LogP contribution in [0.5, 0.6) is 0 Å². The van der Waals surface area contributed by atoms with Gasteiger partial charge in [-0.15, -0.1) is 0 Å². The normalized spacial score (nSPS) is 27.6. The summed E-state index contributed by atoms with van der Waals surface area (Å²) in [5.41, 5.74) is 5.63. The molecule has 0 bridgehead atoms. The van der Waals surface area contributed by atoms with Crippen molar-refractivity contribution in [2.75, 3.05) is 19.6 Å². The van der Waals surface area contributed by atoms with Gasteiger partial charge in [0.15, 0.2) is 0 Å². The number of carboxylic acid groups (broad SMARTS) is 2. The minimum Gasteiger partial charge on any atom is -0.481 e. The van der Waals surface area contributed by atoms with Gasteiger partial charge < -0.3 is 78.4 Å². The predicted octanol–water partition coefficient (Wildman–Crippen LogP) is -5.49. The Bertz CT molecular complexity index is 2280. The average Bonchev–Trinajstić information content (AvgIpc) is 4.16. The van der Waals surface area contributed by atoms with Crippen molar-refractivity contribution in [1.82, 2.24) is 62.3 Å². The quantitative estimate of drug-likeness (QED) is 0.0877. The number of nitrogens with one attached hydrogen (secondary N) is 9. The lowest BCUT2D eigenvalue weighted by atomic mass is 9.98. The molecule has 0 radical (unpaired) electrons. The van der Waals surface area contributed by atoms with Crippen LogP contribution >= 0.6 is 0 Å². The summed E-state index contributed by atoms with van der Waals surface area (Å²) in [7, 11) is 0. The first-order chi connectivity index (χ1) is 34.9. The number of aromatic nitrogens is 2. The highest BCUT2D eigenvalue weighted by molar-refractivity contribution is 6.00. The number of hydrogen-bond donors (Lipinski definition) is 13. The van der Waals surface area contributed by atoms with Crippen LogP contribution in [0.25, 0.3) is 0 Å². The van der Waals surface area contributed by atoms with Gasteiger partial charge in [0.1, 0.15) is 54.4 Å². The van der Waals surface area contributed by atoms with Crippen LogP contribution in [0.2, 0.25) is 0 Å². The number of carbonyl (C=O) groups excluding carboxylic acids is 11. The molecule has 3 saturated heterocycles. The summed E-state index contributed by atoms with van der Waals surface area (Å²) in [6.45, 7) is 5.02. The molecule has 0 spiro atoms. The maximum absolute atomic E-state index is 14.2. The Balaban J connectivity index is 1.76. The van der Waals surface area contributed by atoms with E-state index >= 15 is 0 Å². The van der Waals surface area contributed by atoms with Crippen molar-refractivity contribution in [3.63, 3.8) is 0 Å². The third-order valence-corrected chi connectivity index (χ3v) is 12.9. The topological polar surface area (TPSA) is 440 Å². The molecule has 3 aliphatic rings. The highest BCUT2D eigenvalue weighted by atomic mass is 16.4. The van der Waals surface area contributed by atoms with Gasteiger partial charge in [0.05, 0.1) is 25.4 Å². The number of imidazole rings is 1. The van der Waals surface area contributed by atoms with E-state index in [9.17, 15) is 77.6 Å². The number of rotatable bonds is 13. The number of H-pyrrole nitrogens is 1. The van der Waals surface area contributed by atoms with E-state index in [2.05, 4.69) is 52.5 Å². The zero-order chi connectivity index (χ0) is 55.0. The van der Waals surface area contributed by atoms with Crippen LogP contribution in [0, 0.1) is 5.92 Å². The lowest BCUT2D eigenvalue weighted by Crippen LogP contribution is -2.62. The molecule has 0 aliphatic carbocycles. The van der Waals surface area contributed by atoms with E-state index in [0.717, 1.165) is 9.80 Å². The highest BCUT2D eigenvalue weighted by Gasteiger charge is 2.43. The second-order valence-corrected chi connectivity index (χ2v) is 18.5. The summed E-state index contributed by atoms with van der Waals surface area (Å²) in [6.07, 6.45) is -1.81. The molecule has 1 aromatic heterocycles. The molecule has 1 aromatic rings. The first-order valence-electron chi connectivity index (χ1n) is 24.3. The van der Waals surface area contributed by atoms with E-state index in [-0.39, 0.29) is 44.5 Å². The predicted molar refractivity (Wildman–Crippen MR) is 253 cm³/mol. The van der Waals surface area contributed by atoms with Crippen molar-refractivity contribution in [2.24, 2.45) is 11.7 Å². The van der Waals surface area contributed by atoms with Gasteiger partial charge in [-0.3, -0.25) is 62.3 Å². The Hall–Kier alpha value is -7.72. The number of aliphatic hydroxyl groups excluding tert-OH is 1. The largest absolute Gasteiger partial charge is 0.481 e. The standard InChI is InChI=1S/C45H67N13O16/c1-5-21(2)35-43(72)50-22(3)37(66)56-36(23(4)59)45(74)58-15-7-9-30(58)42(71)51-25(10-12-31(46)60)38(67)53-27(16-24-18-47-20-49-24)39(68)54-28(17-34(64)65)40(69)52-26(11-13-33(62)63)44(73)57-14-6-8-29(57)41(70)48-19-32(61)55-35/h18,20-23,25-30,35-36,59H,5-17,19H2,1-4H3,(H2,46,60)(H,47,49)(H,48,70)(H,50,72)(H,51,71)(H,52,69)(H,53,67)(H,54,68)(H,55,61)(H,56,66)(H,62,63)(H,64,65)/t21-,22-,23+,25+,26-,27-,28-,29-,30-,35-,36-/m0/s1. The molecule has 4 heterocycles. The first kappa shape index (κ1) is 58.8. The van der Waals surface area contributed by atoms with E-state index < -0.39 is 188 Å². The molecule has 11 amide bonds. The van der Waals surface area contributed by atoms with Gasteiger partial charge in [0.25, 0.3) is 0 Å². The zero-order valence-electron chi connectivity index (χ0n) is 41.5. The molecule has 3 aliphatic heterocycles. The molecule has 14 N–H and O–H groups in total. The molecular formula is C45H67N13O16. The molecule has 11 atom stereocenters. The molecular weight excluding hydrogens is 979 g/mol. The molecule has 4 rings (SSSR count). The smallest absolute Gasteiger partial charge is 0.305 e. The van der Waals surface area contributed by atoms with Crippen LogP contribution in [0.3, 0.4) is 0 Å². The Morgan fingerprint density at radius 2 is 1.24 bits per heavy atom. The fourth-order valence-corrected chi connectivity index (χ4v) is 8.61. The maximum Gasteiger partial charge on any atom is 0.305 e. The number of amides is 11. The minimum atomic E-state index is -1.99. The number of nitrogens with two attached hydrogens (primary N) is 1. The van der Waals surface area contributed by atoms with E-state index in [1.165, 1.54) is 26.4 Å². The van der Waals surface area contributed by atoms with Gasteiger partial charge in [-0.1, -0.05) is 20.3 Å². The number of carbonyl (C=O) groups is 13. The van der Waals surface area contributed by atoms with Crippen LogP contribution in [-0.4, -0.2) is 192 Å². The summed E-state index contributed by atoms with van der Waals surface area (Å²) in [6, 6.07) is -13.9. The highest BCUT2D eigenvalue weighted by Crippen LogP contribution is 2.22.